The van der Waals surface area contributed by atoms with E-state index in [1.807, 2.05) is 0 Å². The summed E-state index contributed by atoms with van der Waals surface area (Å²) in [4.78, 5) is 0. The quantitative estimate of drug-likeness (QED) is 0.719. The van der Waals surface area contributed by atoms with E-state index in [1.165, 1.54) is 19.3 Å². The summed E-state index contributed by atoms with van der Waals surface area (Å²) in [5, 5.41) is 8.34. The number of halogens is 3. The molecule has 1 fully saturated rings. The van der Waals surface area contributed by atoms with Gasteiger partial charge in [-0.25, -0.2) is 0 Å². The van der Waals surface area contributed by atoms with Crippen LogP contribution in [0.4, 0.5) is 5.69 Å². The number of anilines is 1. The van der Waals surface area contributed by atoms with Gasteiger partial charge in [-0.2, -0.15) is 0 Å². The van der Waals surface area contributed by atoms with Crippen molar-refractivity contribution >= 4 is 57.8 Å². The fourth-order valence-electron chi connectivity index (χ4n) is 2.24. The van der Waals surface area contributed by atoms with Gasteiger partial charge in [0, 0.05) is 11.1 Å². The van der Waals surface area contributed by atoms with Crippen molar-refractivity contribution in [3.05, 3.63) is 27.2 Å². The molecule has 1 aromatic rings. The maximum absolute atomic E-state index is 6.10. The smallest absolute Gasteiger partial charge is 0.171 e. The summed E-state index contributed by atoms with van der Waals surface area (Å²) in [5.74, 6) is 0. The van der Waals surface area contributed by atoms with E-state index in [4.69, 9.17) is 47.0 Å². The lowest BCUT2D eigenvalue weighted by atomic mass is 9.96. The molecule has 0 amide bonds. The van der Waals surface area contributed by atoms with Gasteiger partial charge >= 0.3 is 0 Å². The predicted molar refractivity (Wildman–Crippen MR) is 87.7 cm³/mol. The zero-order valence-electron chi connectivity index (χ0n) is 10.3. The van der Waals surface area contributed by atoms with Crippen LogP contribution in [0.25, 0.3) is 0 Å². The molecule has 2 rings (SSSR count). The van der Waals surface area contributed by atoms with Crippen LogP contribution in [0.5, 0.6) is 0 Å². The first-order chi connectivity index (χ1) is 9.06. The van der Waals surface area contributed by atoms with Gasteiger partial charge in [-0.3, -0.25) is 0 Å². The zero-order valence-corrected chi connectivity index (χ0v) is 13.4. The SMILES string of the molecule is S=C(Nc1c(Cl)cc(Cl)cc1Cl)NC1CCCCC1. The summed E-state index contributed by atoms with van der Waals surface area (Å²) in [6, 6.07) is 3.72. The first kappa shape index (κ1) is 15.2. The third kappa shape index (κ3) is 4.38. The van der Waals surface area contributed by atoms with E-state index in [-0.39, 0.29) is 0 Å². The van der Waals surface area contributed by atoms with Crippen molar-refractivity contribution in [2.75, 3.05) is 5.32 Å². The Labute approximate surface area is 133 Å². The van der Waals surface area contributed by atoms with Gasteiger partial charge in [-0.15, -0.1) is 0 Å². The Morgan fingerprint density at radius 2 is 1.63 bits per heavy atom. The van der Waals surface area contributed by atoms with Gasteiger partial charge in [0.25, 0.3) is 0 Å². The Morgan fingerprint density at radius 3 is 2.21 bits per heavy atom. The molecule has 19 heavy (non-hydrogen) atoms. The van der Waals surface area contributed by atoms with Gasteiger partial charge < -0.3 is 10.6 Å². The van der Waals surface area contributed by atoms with Crippen LogP contribution >= 0.6 is 47.0 Å². The van der Waals surface area contributed by atoms with Crippen LogP contribution in [-0.4, -0.2) is 11.2 Å². The van der Waals surface area contributed by atoms with E-state index in [2.05, 4.69) is 10.6 Å². The van der Waals surface area contributed by atoms with Crippen LogP contribution in [-0.2, 0) is 0 Å². The second-order valence-corrected chi connectivity index (χ2v) is 6.34. The lowest BCUT2D eigenvalue weighted by molar-refractivity contribution is 0.415. The zero-order chi connectivity index (χ0) is 13.8. The van der Waals surface area contributed by atoms with Crippen molar-refractivity contribution in [1.29, 1.82) is 0 Å². The van der Waals surface area contributed by atoms with E-state index in [1.54, 1.807) is 12.1 Å². The molecule has 0 heterocycles. The minimum Gasteiger partial charge on any atom is -0.360 e. The number of thiocarbonyl (C=S) groups is 1. The van der Waals surface area contributed by atoms with E-state index in [0.717, 1.165) is 12.8 Å². The molecule has 104 valence electrons. The number of rotatable bonds is 2. The molecule has 0 bridgehead atoms. The van der Waals surface area contributed by atoms with Gasteiger partial charge in [0.15, 0.2) is 5.11 Å². The molecule has 2 N–H and O–H groups in total. The first-order valence-corrected chi connectivity index (χ1v) is 7.82. The molecule has 0 unspecified atom stereocenters. The summed E-state index contributed by atoms with van der Waals surface area (Å²) in [6.07, 6.45) is 6.13. The molecular formula is C13H15Cl3N2S. The van der Waals surface area contributed by atoms with E-state index in [9.17, 15) is 0 Å². The van der Waals surface area contributed by atoms with Crippen LogP contribution in [0.1, 0.15) is 32.1 Å². The van der Waals surface area contributed by atoms with Crippen molar-refractivity contribution in [2.45, 2.75) is 38.1 Å². The monoisotopic (exact) mass is 336 g/mol. The second-order valence-electron chi connectivity index (χ2n) is 4.68. The Balaban J connectivity index is 1.98. The molecule has 0 saturated heterocycles. The van der Waals surface area contributed by atoms with Crippen LogP contribution in [0.3, 0.4) is 0 Å². The fourth-order valence-corrected chi connectivity index (χ4v) is 3.42. The first-order valence-electron chi connectivity index (χ1n) is 6.28. The lowest BCUT2D eigenvalue weighted by Gasteiger charge is -2.24. The largest absolute Gasteiger partial charge is 0.360 e. The summed E-state index contributed by atoms with van der Waals surface area (Å²) in [5.41, 5.74) is 0.598. The van der Waals surface area contributed by atoms with E-state index >= 15 is 0 Å². The number of hydrogen-bond donors (Lipinski definition) is 2. The molecule has 0 aliphatic heterocycles. The summed E-state index contributed by atoms with van der Waals surface area (Å²) in [7, 11) is 0. The van der Waals surface area contributed by atoms with Gasteiger partial charge in [0.05, 0.1) is 15.7 Å². The van der Waals surface area contributed by atoms with Gasteiger partial charge in [-0.05, 0) is 37.2 Å². The second kappa shape index (κ2) is 6.98. The molecular weight excluding hydrogens is 323 g/mol. The summed E-state index contributed by atoms with van der Waals surface area (Å²) >= 11 is 23.4. The highest BCUT2D eigenvalue weighted by atomic mass is 35.5. The van der Waals surface area contributed by atoms with E-state index in [0.29, 0.717) is 31.9 Å². The Bertz CT molecular complexity index is 450. The van der Waals surface area contributed by atoms with Crippen molar-refractivity contribution in [2.24, 2.45) is 0 Å². The van der Waals surface area contributed by atoms with Crippen LogP contribution < -0.4 is 10.6 Å². The van der Waals surface area contributed by atoms with Crippen LogP contribution in [0, 0.1) is 0 Å². The number of hydrogen-bond acceptors (Lipinski definition) is 1. The molecule has 0 radical (unpaired) electrons. The normalized spacial score (nSPS) is 16.2. The fraction of sp³-hybridized carbons (Fsp3) is 0.462. The predicted octanol–water partition coefficient (Wildman–Crippen LogP) is 5.27. The summed E-state index contributed by atoms with van der Waals surface area (Å²) in [6.45, 7) is 0. The minimum absolute atomic E-state index is 0.443. The van der Waals surface area contributed by atoms with Gasteiger partial charge in [-0.1, -0.05) is 54.1 Å². The molecule has 6 heteroatoms. The van der Waals surface area contributed by atoms with Crippen molar-refractivity contribution in [3.8, 4) is 0 Å². The van der Waals surface area contributed by atoms with Crippen molar-refractivity contribution < 1.29 is 0 Å². The average Bonchev–Trinajstić information content (AvgIpc) is 2.35. The maximum Gasteiger partial charge on any atom is 0.171 e. The lowest BCUT2D eigenvalue weighted by Crippen LogP contribution is -2.38. The molecule has 1 saturated carbocycles. The highest BCUT2D eigenvalue weighted by Gasteiger charge is 2.15. The Hall–Kier alpha value is -0.220. The molecule has 0 aromatic heterocycles. The van der Waals surface area contributed by atoms with Crippen LogP contribution in [0.15, 0.2) is 12.1 Å². The van der Waals surface area contributed by atoms with Crippen LogP contribution in [0.2, 0.25) is 15.1 Å². The third-order valence-corrected chi connectivity index (χ3v) is 4.22. The highest BCUT2D eigenvalue weighted by Crippen LogP contribution is 2.33. The minimum atomic E-state index is 0.443. The number of nitrogens with one attached hydrogen (secondary N) is 2. The van der Waals surface area contributed by atoms with E-state index < -0.39 is 0 Å². The van der Waals surface area contributed by atoms with Crippen molar-refractivity contribution in [1.82, 2.24) is 5.32 Å². The van der Waals surface area contributed by atoms with Gasteiger partial charge in [0.2, 0.25) is 0 Å². The molecule has 0 atom stereocenters. The van der Waals surface area contributed by atoms with Crippen molar-refractivity contribution in [3.63, 3.8) is 0 Å². The maximum atomic E-state index is 6.10. The Morgan fingerprint density at radius 1 is 1.05 bits per heavy atom. The highest BCUT2D eigenvalue weighted by molar-refractivity contribution is 7.80. The molecule has 0 spiro atoms. The molecule has 1 aliphatic carbocycles. The summed E-state index contributed by atoms with van der Waals surface area (Å²) < 4.78 is 0. The third-order valence-electron chi connectivity index (χ3n) is 3.19. The molecule has 1 aliphatic rings. The molecule has 2 nitrogen and oxygen atoms in total. The average molecular weight is 338 g/mol. The standard InChI is InChI=1S/C13H15Cl3N2S/c14-8-6-10(15)12(11(16)7-8)18-13(19)17-9-4-2-1-3-5-9/h6-7,9H,1-5H2,(H2,17,18,19). The topological polar surface area (TPSA) is 24.1 Å². The Kier molecular flexibility index (Phi) is 5.58. The number of benzene rings is 1. The van der Waals surface area contributed by atoms with Gasteiger partial charge in [0.1, 0.15) is 0 Å². The molecule has 1 aromatic carbocycles.